The van der Waals surface area contributed by atoms with E-state index in [-0.39, 0.29) is 5.78 Å². The maximum Gasteiger partial charge on any atom is 0.182 e. The lowest BCUT2D eigenvalue weighted by Crippen LogP contribution is -2.05. The second-order valence-electron chi connectivity index (χ2n) is 3.48. The van der Waals surface area contributed by atoms with E-state index in [1.54, 1.807) is 4.68 Å². The molecule has 84 valence electrons. The van der Waals surface area contributed by atoms with Gasteiger partial charge < -0.3 is 0 Å². The molecule has 0 unspecified atom stereocenters. The van der Waals surface area contributed by atoms with Crippen LogP contribution in [0.3, 0.4) is 0 Å². The van der Waals surface area contributed by atoms with Crippen LogP contribution in [-0.4, -0.2) is 25.2 Å². The van der Waals surface area contributed by atoms with Crippen molar-refractivity contribution in [3.63, 3.8) is 0 Å². The summed E-state index contributed by atoms with van der Waals surface area (Å²) in [5.74, 6) is 0.0468. The Kier molecular flexibility index (Phi) is 3.09. The third-order valence-electron chi connectivity index (χ3n) is 2.25. The number of hydrogen-bond donors (Lipinski definition) is 0. The molecule has 0 aliphatic rings. The van der Waals surface area contributed by atoms with Crippen LogP contribution in [0.15, 0.2) is 12.3 Å². The van der Waals surface area contributed by atoms with E-state index in [0.29, 0.717) is 11.3 Å². The van der Waals surface area contributed by atoms with Gasteiger partial charge in [-0.3, -0.25) is 9.48 Å². The molecule has 0 aliphatic carbocycles. The molecule has 0 bridgehead atoms. The summed E-state index contributed by atoms with van der Waals surface area (Å²) >= 11 is 1.16. The molecule has 0 N–H and O–H groups in total. The minimum absolute atomic E-state index is 0.0468. The van der Waals surface area contributed by atoms with Gasteiger partial charge in [-0.2, -0.15) is 5.10 Å². The van der Waals surface area contributed by atoms with Crippen molar-refractivity contribution in [1.82, 2.24) is 19.4 Å². The monoisotopic (exact) mass is 236 g/mol. The maximum atomic E-state index is 11.9. The largest absolute Gasteiger partial charge is 0.293 e. The van der Waals surface area contributed by atoms with Crippen molar-refractivity contribution in [1.29, 1.82) is 0 Å². The fourth-order valence-corrected chi connectivity index (χ4v) is 2.14. The minimum Gasteiger partial charge on any atom is -0.293 e. The molecule has 0 fully saturated rings. The summed E-state index contributed by atoms with van der Waals surface area (Å²) in [5, 5.41) is 8.10. The highest BCUT2D eigenvalue weighted by Crippen LogP contribution is 2.14. The molecule has 6 heteroatoms. The van der Waals surface area contributed by atoms with Crippen LogP contribution in [0, 0.1) is 0 Å². The summed E-state index contributed by atoms with van der Waals surface area (Å²) in [6, 6.07) is 1.85. The molecule has 0 radical (unpaired) electrons. The lowest BCUT2D eigenvalue weighted by Gasteiger charge is -1.96. The van der Waals surface area contributed by atoms with Gasteiger partial charge in [0.15, 0.2) is 5.78 Å². The van der Waals surface area contributed by atoms with E-state index in [1.807, 2.05) is 26.2 Å². The topological polar surface area (TPSA) is 60.7 Å². The lowest BCUT2D eigenvalue weighted by atomic mass is 10.1. The van der Waals surface area contributed by atoms with Crippen LogP contribution < -0.4 is 0 Å². The van der Waals surface area contributed by atoms with Crippen molar-refractivity contribution in [3.8, 4) is 0 Å². The minimum atomic E-state index is 0.0468. The predicted molar refractivity (Wildman–Crippen MR) is 60.5 cm³/mol. The summed E-state index contributed by atoms with van der Waals surface area (Å²) in [4.78, 5) is 12.6. The highest BCUT2D eigenvalue weighted by atomic mass is 32.1. The van der Waals surface area contributed by atoms with E-state index in [2.05, 4.69) is 14.7 Å². The lowest BCUT2D eigenvalue weighted by molar-refractivity contribution is 0.0994. The zero-order valence-corrected chi connectivity index (χ0v) is 9.99. The van der Waals surface area contributed by atoms with Crippen LogP contribution in [-0.2, 0) is 19.9 Å². The summed E-state index contributed by atoms with van der Waals surface area (Å²) in [7, 11) is 1.83. The molecule has 2 aromatic heterocycles. The maximum absolute atomic E-state index is 11.9. The summed E-state index contributed by atoms with van der Waals surface area (Å²) < 4.78 is 5.49. The quantitative estimate of drug-likeness (QED) is 0.750. The smallest absolute Gasteiger partial charge is 0.182 e. The zero-order valence-electron chi connectivity index (χ0n) is 9.17. The second kappa shape index (κ2) is 4.52. The summed E-state index contributed by atoms with van der Waals surface area (Å²) in [6.07, 6.45) is 2.88. The second-order valence-corrected chi connectivity index (χ2v) is 4.24. The summed E-state index contributed by atoms with van der Waals surface area (Å²) in [6.45, 7) is 1.97. The van der Waals surface area contributed by atoms with E-state index in [4.69, 9.17) is 0 Å². The number of hydrogen-bond acceptors (Lipinski definition) is 5. The number of nitrogens with zero attached hydrogens (tertiary/aromatic N) is 4. The molecule has 0 amide bonds. The number of rotatable bonds is 4. The van der Waals surface area contributed by atoms with Crippen molar-refractivity contribution < 1.29 is 4.79 Å². The molecule has 5 nitrogen and oxygen atoms in total. The SMILES string of the molecule is CCc1nnsc1C(=O)Cc1ccn(C)n1. The average Bonchev–Trinajstić information content (AvgIpc) is 2.86. The number of ketones is 1. The Balaban J connectivity index is 2.14. The van der Waals surface area contributed by atoms with Gasteiger partial charge in [-0.15, -0.1) is 5.10 Å². The Morgan fingerprint density at radius 2 is 2.38 bits per heavy atom. The van der Waals surface area contributed by atoms with Crippen LogP contribution in [0.25, 0.3) is 0 Å². The van der Waals surface area contributed by atoms with Gasteiger partial charge in [0, 0.05) is 13.2 Å². The Hall–Kier alpha value is -1.56. The van der Waals surface area contributed by atoms with Gasteiger partial charge >= 0.3 is 0 Å². The first-order chi connectivity index (χ1) is 7.70. The van der Waals surface area contributed by atoms with Crippen molar-refractivity contribution in [2.24, 2.45) is 7.05 Å². The molecular formula is C10H12N4OS. The zero-order chi connectivity index (χ0) is 11.5. The molecule has 0 aliphatic heterocycles. The van der Waals surface area contributed by atoms with Crippen molar-refractivity contribution in [2.75, 3.05) is 0 Å². The van der Waals surface area contributed by atoms with E-state index in [9.17, 15) is 4.79 Å². The molecule has 0 atom stereocenters. The highest BCUT2D eigenvalue weighted by molar-refractivity contribution is 7.08. The number of carbonyl (C=O) groups excluding carboxylic acids is 1. The normalized spacial score (nSPS) is 10.6. The molecule has 2 rings (SSSR count). The van der Waals surface area contributed by atoms with E-state index in [1.165, 1.54) is 0 Å². The number of aromatic nitrogens is 4. The predicted octanol–water partition coefficient (Wildman–Crippen LogP) is 1.26. The average molecular weight is 236 g/mol. The molecule has 0 aromatic carbocycles. The van der Waals surface area contributed by atoms with Gasteiger partial charge in [0.2, 0.25) is 0 Å². The fourth-order valence-electron chi connectivity index (χ4n) is 1.45. The molecule has 2 aromatic rings. The first-order valence-electron chi connectivity index (χ1n) is 5.03. The van der Waals surface area contributed by atoms with Gasteiger partial charge in [-0.1, -0.05) is 11.4 Å². The Bertz CT molecular complexity index is 502. The number of Topliss-reactive ketones (excluding diaryl/α,β-unsaturated/α-hetero) is 1. The van der Waals surface area contributed by atoms with Gasteiger partial charge in [0.1, 0.15) is 4.88 Å². The van der Waals surface area contributed by atoms with Crippen molar-refractivity contribution >= 4 is 17.3 Å². The van der Waals surface area contributed by atoms with Crippen LogP contribution in [0.5, 0.6) is 0 Å². The number of carbonyl (C=O) groups is 1. The van der Waals surface area contributed by atoms with Crippen LogP contribution in [0.2, 0.25) is 0 Å². The Morgan fingerprint density at radius 1 is 1.56 bits per heavy atom. The van der Waals surface area contributed by atoms with Crippen molar-refractivity contribution in [2.45, 2.75) is 19.8 Å². The molecule has 0 saturated heterocycles. The van der Waals surface area contributed by atoms with Crippen molar-refractivity contribution in [3.05, 3.63) is 28.5 Å². The van der Waals surface area contributed by atoms with E-state index >= 15 is 0 Å². The molecular weight excluding hydrogens is 224 g/mol. The molecule has 0 spiro atoms. The van der Waals surface area contributed by atoms with Crippen LogP contribution >= 0.6 is 11.5 Å². The first-order valence-corrected chi connectivity index (χ1v) is 5.81. The standard InChI is InChI=1S/C10H12N4OS/c1-3-8-10(16-13-11-8)9(15)6-7-4-5-14(2)12-7/h4-5H,3,6H2,1-2H3. The van der Waals surface area contributed by atoms with Crippen LogP contribution in [0.1, 0.15) is 28.0 Å². The van der Waals surface area contributed by atoms with E-state index in [0.717, 1.165) is 29.3 Å². The Morgan fingerprint density at radius 3 is 3.00 bits per heavy atom. The molecule has 16 heavy (non-hydrogen) atoms. The van der Waals surface area contributed by atoms with Crippen LogP contribution in [0.4, 0.5) is 0 Å². The summed E-state index contributed by atoms with van der Waals surface area (Å²) in [5.41, 5.74) is 1.56. The molecule has 0 saturated carbocycles. The fraction of sp³-hybridized carbons (Fsp3) is 0.400. The Labute approximate surface area is 97.3 Å². The highest BCUT2D eigenvalue weighted by Gasteiger charge is 2.16. The first kappa shape index (κ1) is 10.9. The van der Waals surface area contributed by atoms with E-state index < -0.39 is 0 Å². The third kappa shape index (κ3) is 2.16. The number of aryl methyl sites for hydroxylation is 2. The van der Waals surface area contributed by atoms with Gasteiger partial charge in [0.25, 0.3) is 0 Å². The molecule has 2 heterocycles. The van der Waals surface area contributed by atoms with Gasteiger partial charge in [0.05, 0.1) is 17.8 Å². The van der Waals surface area contributed by atoms with Gasteiger partial charge in [-0.25, -0.2) is 0 Å². The van der Waals surface area contributed by atoms with Gasteiger partial charge in [-0.05, 0) is 24.0 Å². The third-order valence-corrected chi connectivity index (χ3v) is 3.06.